The Morgan fingerprint density at radius 3 is 2.43 bits per heavy atom. The van der Waals surface area contributed by atoms with Crippen LogP contribution in [0, 0.1) is 18.6 Å². The zero-order valence-corrected chi connectivity index (χ0v) is 27.6. The van der Waals surface area contributed by atoms with E-state index in [2.05, 4.69) is 4.74 Å². The van der Waals surface area contributed by atoms with Crippen molar-refractivity contribution in [3.8, 4) is 11.1 Å². The number of likely N-dealkylation sites (tertiary alicyclic amines) is 1. The van der Waals surface area contributed by atoms with E-state index in [4.69, 9.17) is 31.5 Å². The standard InChI is InChI=1S/C41H40F5N3O3S/c1-27-22-29(28-12-14-32(15-13-28)41(44,45)46)10-11-30(27)24-48(33-16-18-47(19-17-33)20-21-52-2)38(51)25-49-36-9-4-3-7-34(36)37(50)23-39(49)53-26-31-6-5-8-35(42)40(31)43/h3-15,22-23,33H,16-21,24-26H2,1-2H3/i3D,4D,5D,6D,7D,8D,9D,10D,11D,12D,13D,14D,15D,16D2,17D2,18D2,19D2,21D2,22D,23D,24D2,26D2,33D. The number of fused-ring (bicyclic) bond motifs is 1. The molecule has 1 fully saturated rings. The number of halogens is 5. The molecule has 1 aromatic heterocycles. The second-order valence-corrected chi connectivity index (χ2v) is 11.0. The Balaban J connectivity index is 1.82. The van der Waals surface area contributed by atoms with Gasteiger partial charge in [-0.05, 0) is 72.1 Å². The van der Waals surface area contributed by atoms with Gasteiger partial charge in [0.1, 0.15) is 6.54 Å². The molecular weight excluding hydrogens is 710 g/mol. The van der Waals surface area contributed by atoms with Gasteiger partial charge in [0.2, 0.25) is 5.91 Å². The van der Waals surface area contributed by atoms with Crippen LogP contribution in [0.2, 0.25) is 0 Å². The lowest BCUT2D eigenvalue weighted by Crippen LogP contribution is -2.48. The average molecular weight is 780 g/mol. The third-order valence-electron chi connectivity index (χ3n) is 6.79. The summed E-state index contributed by atoms with van der Waals surface area (Å²) in [6.45, 7) is -20.1. The Labute approximate surface area is 351 Å². The SMILES string of the molecule is [2H]c1c([2H])c(F)c(F)c(C([2H])([2H])Sc2c([2H])c(=O)c3c([2H])c([2H])c([2H])c([2H])c3n2CC(=O)N(C([2H])([2H])c2c([2H])c([2H])c(-c3c([2H])c([2H])c(C(F)(F)F)c([2H])c3[2H])c([2H])c2C)C2([2H])C([2H])([2H])C([2H])([2H])N(CC([2H])([2H])OC)C([2H])([2H])C2([2H])[2H])c1[2H]. The maximum atomic E-state index is 15.9. The van der Waals surface area contributed by atoms with Crippen molar-refractivity contribution < 1.29 is 72.6 Å². The summed E-state index contributed by atoms with van der Waals surface area (Å²) in [6, 6.07) is -28.2. The molecule has 1 aliphatic rings. The van der Waals surface area contributed by atoms with Gasteiger partial charge in [0.15, 0.2) is 17.1 Å². The van der Waals surface area contributed by atoms with Crippen molar-refractivity contribution >= 4 is 28.6 Å². The average Bonchev–Trinajstić information content (AvgIpc) is 0.898. The molecule has 12 heteroatoms. The van der Waals surface area contributed by atoms with Crippen molar-refractivity contribution in [3.05, 3.63) is 135 Å². The van der Waals surface area contributed by atoms with E-state index in [-0.39, 0.29) is 4.57 Å². The van der Waals surface area contributed by atoms with Gasteiger partial charge in [-0.3, -0.25) is 9.59 Å². The molecule has 278 valence electrons. The first-order valence-corrected chi connectivity index (χ1v) is 15.3. The predicted molar refractivity (Wildman–Crippen MR) is 198 cm³/mol. The maximum Gasteiger partial charge on any atom is 0.416 e. The Morgan fingerprint density at radius 2 is 1.72 bits per heavy atom. The van der Waals surface area contributed by atoms with E-state index >= 15 is 13.6 Å². The molecular formula is C41H40F5N3O3S. The minimum absolute atomic E-state index is 0.000342. The van der Waals surface area contributed by atoms with Crippen molar-refractivity contribution in [2.75, 3.05) is 33.2 Å². The molecule has 1 saturated heterocycles. The number of ether oxygens (including phenoxy) is 1. The van der Waals surface area contributed by atoms with Crippen LogP contribution in [0.3, 0.4) is 0 Å². The minimum atomic E-state index is -5.56. The van der Waals surface area contributed by atoms with Gasteiger partial charge in [-0.15, -0.1) is 11.8 Å². The smallest absolute Gasteiger partial charge is 0.383 e. The third-order valence-corrected chi connectivity index (χ3v) is 7.61. The minimum Gasteiger partial charge on any atom is -0.383 e. The first-order chi connectivity index (χ1) is 37.3. The van der Waals surface area contributed by atoms with Crippen LogP contribution >= 0.6 is 11.8 Å². The molecule has 6 nitrogen and oxygen atoms in total. The highest BCUT2D eigenvalue weighted by atomic mass is 32.2. The fraction of sp³-hybridized carbons (Fsp3) is 0.317. The van der Waals surface area contributed by atoms with Gasteiger partial charge in [0.05, 0.1) is 50.1 Å². The second kappa shape index (κ2) is 16.7. The lowest BCUT2D eigenvalue weighted by molar-refractivity contribution is -0.137. The molecule has 0 atom stereocenters. The fourth-order valence-electron chi connectivity index (χ4n) is 4.27. The van der Waals surface area contributed by atoms with Crippen LogP contribution < -0.4 is 5.43 Å². The van der Waals surface area contributed by atoms with E-state index in [1.54, 1.807) is 0 Å². The zero-order valence-electron chi connectivity index (χ0n) is 56.8. The summed E-state index contributed by atoms with van der Waals surface area (Å²) in [6.07, 6.45) is -15.1. The van der Waals surface area contributed by atoms with Crippen LogP contribution in [0.4, 0.5) is 22.0 Å². The van der Waals surface area contributed by atoms with Crippen LogP contribution in [0.15, 0.2) is 100 Å². The highest BCUT2D eigenvalue weighted by molar-refractivity contribution is 7.98. The van der Waals surface area contributed by atoms with Crippen molar-refractivity contribution in [1.82, 2.24) is 14.4 Å². The normalized spacial score (nSPS) is 27.5. The largest absolute Gasteiger partial charge is 0.416 e. The first-order valence-electron chi connectivity index (χ1n) is 29.5. The van der Waals surface area contributed by atoms with Gasteiger partial charge in [-0.25, -0.2) is 8.78 Å². The number of para-hydroxylation sites is 1. The van der Waals surface area contributed by atoms with E-state index in [1.807, 2.05) is 0 Å². The summed E-state index contributed by atoms with van der Waals surface area (Å²) >= 11 is -0.677. The van der Waals surface area contributed by atoms with Gasteiger partial charge in [0.25, 0.3) is 0 Å². The third kappa shape index (κ3) is 9.00. The number of rotatable bonds is 12. The van der Waals surface area contributed by atoms with Crippen LogP contribution in [-0.2, 0) is 34.5 Å². The highest BCUT2D eigenvalue weighted by Crippen LogP contribution is 2.32. The number of carbonyl (C=O) groups is 1. The number of pyridine rings is 1. The zero-order chi connectivity index (χ0) is 64.2. The van der Waals surface area contributed by atoms with E-state index in [0.717, 1.165) is 0 Å². The summed E-state index contributed by atoms with van der Waals surface area (Å²) in [4.78, 5) is 28.5. The summed E-state index contributed by atoms with van der Waals surface area (Å²) in [5.41, 5.74) is -16.3. The molecule has 0 radical (unpaired) electrons. The van der Waals surface area contributed by atoms with Gasteiger partial charge < -0.3 is 19.1 Å². The number of thioether (sulfide) groups is 1. The molecule has 0 unspecified atom stereocenters. The van der Waals surface area contributed by atoms with E-state index in [0.29, 0.717) is 14.0 Å². The molecule has 53 heavy (non-hydrogen) atoms. The number of hydrogen-bond acceptors (Lipinski definition) is 5. The van der Waals surface area contributed by atoms with Crippen molar-refractivity contribution in [2.24, 2.45) is 0 Å². The van der Waals surface area contributed by atoms with Crippen molar-refractivity contribution in [1.29, 1.82) is 0 Å². The van der Waals surface area contributed by atoms with Gasteiger partial charge in [-0.1, -0.05) is 54.4 Å². The van der Waals surface area contributed by atoms with Gasteiger partial charge >= 0.3 is 6.18 Å². The summed E-state index contributed by atoms with van der Waals surface area (Å²) in [5.74, 6) is -7.08. The van der Waals surface area contributed by atoms with Crippen LogP contribution in [0.25, 0.3) is 22.0 Å². The van der Waals surface area contributed by atoms with Gasteiger partial charge in [0, 0.05) is 75.6 Å². The number of carbonyl (C=O) groups excluding carboxylic acids is 1. The van der Waals surface area contributed by atoms with Crippen molar-refractivity contribution in [3.63, 3.8) is 0 Å². The topological polar surface area (TPSA) is 54.8 Å². The lowest BCUT2D eigenvalue weighted by Gasteiger charge is -2.39. The number of benzene rings is 4. The summed E-state index contributed by atoms with van der Waals surface area (Å²) in [7, 11) is 0.655. The molecule has 0 saturated carbocycles. The summed E-state index contributed by atoms with van der Waals surface area (Å²) in [5, 5.41) is -2.78. The second-order valence-electron chi connectivity index (χ2n) is 10.2. The number of aromatic nitrogens is 1. The molecule has 0 N–H and O–H groups in total. The molecule has 1 amide bonds. The molecule has 5 aromatic rings. The maximum absolute atomic E-state index is 15.9. The van der Waals surface area contributed by atoms with Crippen LogP contribution in [-0.4, -0.2) is 59.5 Å². The van der Waals surface area contributed by atoms with Crippen LogP contribution in [0.5, 0.6) is 0 Å². The number of nitrogens with zero attached hydrogens (tertiary/aromatic N) is 3. The number of alkyl halides is 3. The molecule has 0 spiro atoms. The Morgan fingerprint density at radius 1 is 1.00 bits per heavy atom. The van der Waals surface area contributed by atoms with Crippen LogP contribution in [0.1, 0.15) is 76.1 Å². The molecule has 1 aliphatic heterocycles. The monoisotopic (exact) mass is 779 g/mol. The Kier molecular flexibility index (Phi) is 4.93. The van der Waals surface area contributed by atoms with Gasteiger partial charge in [-0.2, -0.15) is 13.2 Å². The predicted octanol–water partition coefficient (Wildman–Crippen LogP) is 8.71. The van der Waals surface area contributed by atoms with Crippen molar-refractivity contribution in [2.45, 2.75) is 55.6 Å². The number of hydrogen-bond donors (Lipinski definition) is 0. The first kappa shape index (κ1) is 15.7. The number of amides is 1. The number of methoxy groups -OCH3 is 1. The Hall–Kier alpha value is -4.52. The fourth-order valence-corrected chi connectivity index (χ4v) is 5.02. The Bertz CT molecular complexity index is 3560. The quantitative estimate of drug-likeness (QED) is 0.0938. The molecule has 4 aromatic carbocycles. The summed E-state index contributed by atoms with van der Waals surface area (Å²) < 4.78 is 341. The molecule has 6 rings (SSSR count). The highest BCUT2D eigenvalue weighted by Gasteiger charge is 2.31. The molecule has 0 bridgehead atoms. The van der Waals surface area contributed by atoms with E-state index in [9.17, 15) is 27.6 Å². The molecule has 2 heterocycles. The van der Waals surface area contributed by atoms with E-state index in [1.165, 1.54) is 0 Å². The lowest BCUT2D eigenvalue weighted by atomic mass is 9.97. The number of piperidine rings is 1. The molecule has 0 aliphatic carbocycles. The van der Waals surface area contributed by atoms with E-state index < -0.39 is 254 Å².